The third-order valence-corrected chi connectivity index (χ3v) is 5.91. The van der Waals surface area contributed by atoms with Crippen molar-refractivity contribution >= 4 is 17.4 Å². The number of phenolic OH excluding ortho intramolecular Hbond substituents is 1. The van der Waals surface area contributed by atoms with Gasteiger partial charge in [-0.25, -0.2) is 4.39 Å². The van der Waals surface area contributed by atoms with Crippen molar-refractivity contribution in [2.75, 3.05) is 0 Å². The molecule has 0 aromatic heterocycles. The van der Waals surface area contributed by atoms with Crippen molar-refractivity contribution in [3.05, 3.63) is 100 Å². The predicted octanol–water partition coefficient (Wildman–Crippen LogP) is 5.64. The normalized spacial score (nSPS) is 17.5. The molecule has 1 atom stereocenters. The minimum atomic E-state index is -0.932. The molecule has 6 nitrogen and oxygen atoms in total. The lowest BCUT2D eigenvalue weighted by molar-refractivity contribution is -0.140. The summed E-state index contributed by atoms with van der Waals surface area (Å²) < 4.78 is 19.9. The summed E-state index contributed by atoms with van der Waals surface area (Å²) in [6.45, 7) is 7.33. The van der Waals surface area contributed by atoms with Crippen LogP contribution in [-0.4, -0.2) is 32.4 Å². The van der Waals surface area contributed by atoms with Crippen LogP contribution in [0.25, 0.3) is 5.76 Å². The number of aliphatic hydroxyl groups is 1. The van der Waals surface area contributed by atoms with Crippen LogP contribution in [0.4, 0.5) is 4.39 Å². The van der Waals surface area contributed by atoms with Crippen LogP contribution in [0.5, 0.6) is 11.5 Å². The van der Waals surface area contributed by atoms with E-state index >= 15 is 0 Å². The monoisotopic (exact) mass is 489 g/mol. The first kappa shape index (κ1) is 25.0. The van der Waals surface area contributed by atoms with Crippen LogP contribution in [0.1, 0.15) is 49.1 Å². The molecule has 36 heavy (non-hydrogen) atoms. The number of ketones is 1. The first-order valence-corrected chi connectivity index (χ1v) is 11.6. The van der Waals surface area contributed by atoms with Gasteiger partial charge in [0.05, 0.1) is 18.2 Å². The zero-order valence-electron chi connectivity index (χ0n) is 20.6. The van der Waals surface area contributed by atoms with E-state index in [0.29, 0.717) is 22.4 Å². The third-order valence-electron chi connectivity index (χ3n) is 5.91. The zero-order valence-corrected chi connectivity index (χ0v) is 20.6. The highest BCUT2D eigenvalue weighted by atomic mass is 19.1. The lowest BCUT2D eigenvalue weighted by atomic mass is 9.94. The first-order valence-electron chi connectivity index (χ1n) is 11.6. The van der Waals surface area contributed by atoms with Crippen molar-refractivity contribution in [2.45, 2.75) is 45.9 Å². The molecule has 0 radical (unpaired) electrons. The lowest BCUT2D eigenvalue weighted by Gasteiger charge is -2.28. The van der Waals surface area contributed by atoms with E-state index in [2.05, 4.69) is 0 Å². The van der Waals surface area contributed by atoms with Crippen LogP contribution in [0.3, 0.4) is 0 Å². The number of aliphatic hydroxyl groups excluding tert-OH is 1. The maximum atomic E-state index is 13.9. The number of carbonyl (C=O) groups excluding carboxylic acids is 2. The Morgan fingerprint density at radius 1 is 1.03 bits per heavy atom. The Balaban J connectivity index is 1.85. The molecule has 1 amide bonds. The Morgan fingerprint density at radius 3 is 2.33 bits per heavy atom. The molecule has 7 heteroatoms. The van der Waals surface area contributed by atoms with E-state index in [4.69, 9.17) is 4.74 Å². The highest BCUT2D eigenvalue weighted by Gasteiger charge is 2.46. The third kappa shape index (κ3) is 4.96. The van der Waals surface area contributed by atoms with Crippen molar-refractivity contribution in [1.29, 1.82) is 0 Å². The molecule has 0 spiro atoms. The van der Waals surface area contributed by atoms with Crippen LogP contribution in [0.2, 0.25) is 0 Å². The molecule has 1 aliphatic heterocycles. The van der Waals surface area contributed by atoms with Crippen molar-refractivity contribution in [1.82, 2.24) is 4.90 Å². The standard InChI is InChI=1S/C29H28FNO5/c1-17-15-19(11-14-22(17)30)26(33)24-25(18-9-12-21(32)13-10-18)31(28(35)27(24)34)16-20-7-5-6-8-23(20)36-29(2,3)4/h5-15,25,32-33H,16H2,1-4H3/b26-24-. The molecule has 1 unspecified atom stereocenters. The molecule has 0 saturated carbocycles. The SMILES string of the molecule is Cc1cc(/C(O)=C2/C(=O)C(=O)N(Cc3ccccc3OC(C)(C)C)C2c2ccc(O)cc2)ccc1F. The van der Waals surface area contributed by atoms with Gasteiger partial charge in [-0.2, -0.15) is 0 Å². The highest BCUT2D eigenvalue weighted by molar-refractivity contribution is 6.46. The van der Waals surface area contributed by atoms with E-state index in [1.165, 1.54) is 35.2 Å². The number of amides is 1. The molecule has 4 rings (SSSR count). The Bertz CT molecular complexity index is 1350. The van der Waals surface area contributed by atoms with Gasteiger partial charge >= 0.3 is 0 Å². The van der Waals surface area contributed by atoms with E-state index in [-0.39, 0.29) is 23.4 Å². The van der Waals surface area contributed by atoms with Crippen molar-refractivity contribution < 1.29 is 28.9 Å². The van der Waals surface area contributed by atoms with Crippen LogP contribution in [0, 0.1) is 12.7 Å². The molecule has 1 saturated heterocycles. The molecule has 3 aromatic carbocycles. The summed E-state index contributed by atoms with van der Waals surface area (Å²) in [5.74, 6) is -1.87. The molecular formula is C29H28FNO5. The highest BCUT2D eigenvalue weighted by Crippen LogP contribution is 2.41. The molecule has 0 aliphatic carbocycles. The number of para-hydroxylation sites is 1. The van der Waals surface area contributed by atoms with Gasteiger partial charge in [-0.3, -0.25) is 9.59 Å². The number of phenols is 1. The van der Waals surface area contributed by atoms with Gasteiger partial charge in [-0.1, -0.05) is 30.3 Å². The Hall–Kier alpha value is -4.13. The van der Waals surface area contributed by atoms with E-state index in [1.54, 1.807) is 25.1 Å². The summed E-state index contributed by atoms with van der Waals surface area (Å²) in [7, 11) is 0. The van der Waals surface area contributed by atoms with Crippen molar-refractivity contribution in [3.8, 4) is 11.5 Å². The van der Waals surface area contributed by atoms with E-state index in [1.807, 2.05) is 39.0 Å². The number of aryl methyl sites for hydroxylation is 1. The summed E-state index contributed by atoms with van der Waals surface area (Å²) in [6, 6.07) is 16.4. The topological polar surface area (TPSA) is 87.1 Å². The van der Waals surface area contributed by atoms with Crippen LogP contribution in [-0.2, 0) is 16.1 Å². The summed E-state index contributed by atoms with van der Waals surface area (Å²) in [4.78, 5) is 28.0. The molecule has 0 bridgehead atoms. The number of hydrogen-bond donors (Lipinski definition) is 2. The number of hydrogen-bond acceptors (Lipinski definition) is 5. The fraction of sp³-hybridized carbons (Fsp3) is 0.241. The zero-order chi connectivity index (χ0) is 26.2. The maximum Gasteiger partial charge on any atom is 0.295 e. The molecule has 1 heterocycles. The molecule has 186 valence electrons. The average molecular weight is 490 g/mol. The number of rotatable bonds is 5. The quantitative estimate of drug-likeness (QED) is 0.275. The van der Waals surface area contributed by atoms with E-state index in [0.717, 1.165) is 0 Å². The second kappa shape index (κ2) is 9.49. The molecule has 2 N–H and O–H groups in total. The molecule has 3 aromatic rings. The number of benzene rings is 3. The smallest absolute Gasteiger partial charge is 0.295 e. The minimum absolute atomic E-state index is 0.0220. The number of Topliss-reactive ketones (excluding diaryl/α,β-unsaturated/α-hetero) is 1. The Labute approximate surface area is 209 Å². The molecule has 1 aliphatic rings. The number of halogens is 1. The Morgan fingerprint density at radius 2 is 1.69 bits per heavy atom. The summed E-state index contributed by atoms with van der Waals surface area (Å²) >= 11 is 0. The Kier molecular flexibility index (Phi) is 6.59. The van der Waals surface area contributed by atoms with Gasteiger partial charge in [0.1, 0.15) is 28.7 Å². The molecular weight excluding hydrogens is 461 g/mol. The largest absolute Gasteiger partial charge is 0.508 e. The summed E-state index contributed by atoms with van der Waals surface area (Å²) in [5, 5.41) is 21.0. The summed E-state index contributed by atoms with van der Waals surface area (Å²) in [5.41, 5.74) is 1.15. The van der Waals surface area contributed by atoms with Crippen LogP contribution in [0.15, 0.2) is 72.3 Å². The van der Waals surface area contributed by atoms with E-state index < -0.39 is 34.9 Å². The fourth-order valence-corrected chi connectivity index (χ4v) is 4.24. The average Bonchev–Trinajstić information content (AvgIpc) is 3.06. The van der Waals surface area contributed by atoms with Gasteiger partial charge in [0, 0.05) is 11.1 Å². The number of aromatic hydroxyl groups is 1. The maximum absolute atomic E-state index is 13.9. The van der Waals surface area contributed by atoms with E-state index in [9.17, 15) is 24.2 Å². The number of nitrogens with zero attached hydrogens (tertiary/aromatic N) is 1. The lowest BCUT2D eigenvalue weighted by Crippen LogP contribution is -2.30. The van der Waals surface area contributed by atoms with Crippen molar-refractivity contribution in [3.63, 3.8) is 0 Å². The van der Waals surface area contributed by atoms with Crippen LogP contribution >= 0.6 is 0 Å². The van der Waals surface area contributed by atoms with Crippen LogP contribution < -0.4 is 4.74 Å². The number of carbonyl (C=O) groups is 2. The van der Waals surface area contributed by atoms with Gasteiger partial charge in [-0.05, 0) is 75.2 Å². The van der Waals surface area contributed by atoms with Crippen molar-refractivity contribution in [2.24, 2.45) is 0 Å². The van der Waals surface area contributed by atoms with Gasteiger partial charge in [0.2, 0.25) is 0 Å². The second-order valence-corrected chi connectivity index (χ2v) is 9.80. The van der Waals surface area contributed by atoms with Gasteiger partial charge < -0.3 is 19.8 Å². The second-order valence-electron chi connectivity index (χ2n) is 9.80. The predicted molar refractivity (Wildman–Crippen MR) is 134 cm³/mol. The fourth-order valence-electron chi connectivity index (χ4n) is 4.24. The minimum Gasteiger partial charge on any atom is -0.508 e. The first-order chi connectivity index (χ1) is 17.0. The van der Waals surface area contributed by atoms with Gasteiger partial charge in [0.15, 0.2) is 0 Å². The number of likely N-dealkylation sites (tertiary alicyclic amines) is 1. The van der Waals surface area contributed by atoms with Gasteiger partial charge in [0.25, 0.3) is 11.7 Å². The molecule has 1 fully saturated rings. The van der Waals surface area contributed by atoms with Gasteiger partial charge in [-0.15, -0.1) is 0 Å². The summed E-state index contributed by atoms with van der Waals surface area (Å²) in [6.07, 6.45) is 0. The number of ether oxygens (including phenoxy) is 1.